The van der Waals surface area contributed by atoms with E-state index in [1.807, 2.05) is 12.1 Å². The largest absolute Gasteiger partial charge is 0.493 e. The number of rotatable bonds is 8. The van der Waals surface area contributed by atoms with Crippen molar-refractivity contribution in [2.45, 2.75) is 50.4 Å². The van der Waals surface area contributed by atoms with Crippen molar-refractivity contribution in [3.8, 4) is 11.1 Å². The zero-order chi connectivity index (χ0) is 35.4. The molecule has 2 bridgehead atoms. The van der Waals surface area contributed by atoms with Crippen LogP contribution >= 0.6 is 0 Å². The first kappa shape index (κ1) is 33.8. The molecule has 0 spiro atoms. The van der Waals surface area contributed by atoms with Crippen LogP contribution in [0.4, 0.5) is 33.5 Å². The number of nitrogens with zero attached hydrogens (tertiary/aromatic N) is 5. The lowest BCUT2D eigenvalue weighted by atomic mass is 9.94. The Hall–Kier alpha value is -4.68. The van der Waals surface area contributed by atoms with Crippen LogP contribution in [0.15, 0.2) is 48.9 Å². The summed E-state index contributed by atoms with van der Waals surface area (Å²) >= 11 is 0. The Morgan fingerprint density at radius 2 is 1.64 bits per heavy atom. The van der Waals surface area contributed by atoms with Gasteiger partial charge in [-0.1, -0.05) is 10.9 Å². The second-order valence-corrected chi connectivity index (χ2v) is 14.2. The number of hydrogen-bond acceptors (Lipinski definition) is 9. The highest BCUT2D eigenvalue weighted by Gasteiger charge is 2.47. The standard InChI is InChI=1S/C32H30F5N7O5S/c33-24-7-8-25(44(49-31(46)32(35,36)37)50(47,48)43-10-1-2-11-43)28(34)27(24)29(45)23-15-40-30-22(23)12-19(14-39-30)18-6-9-26(38-13-18)42-16-20-4-3-5-21(17-42)41-20/h6-9,12-15,20-21,41H,1-5,10-11,16-17H2,(H,39,40). The van der Waals surface area contributed by atoms with Crippen molar-refractivity contribution in [3.63, 3.8) is 0 Å². The van der Waals surface area contributed by atoms with Gasteiger partial charge in [0, 0.05) is 78.9 Å². The van der Waals surface area contributed by atoms with Crippen LogP contribution in [-0.4, -0.2) is 83.9 Å². The molecule has 2 atom stereocenters. The topological polar surface area (TPSA) is 141 Å². The maximum atomic E-state index is 16.1. The molecule has 4 aromatic rings. The minimum absolute atomic E-state index is 0.153. The summed E-state index contributed by atoms with van der Waals surface area (Å²) in [5.41, 5.74) is -1.49. The molecule has 0 saturated carbocycles. The fourth-order valence-electron chi connectivity index (χ4n) is 6.68. The highest BCUT2D eigenvalue weighted by Crippen LogP contribution is 2.34. The summed E-state index contributed by atoms with van der Waals surface area (Å²) < 4.78 is 97.5. The van der Waals surface area contributed by atoms with Crippen LogP contribution in [-0.2, 0) is 19.8 Å². The van der Waals surface area contributed by atoms with Crippen molar-refractivity contribution in [1.82, 2.24) is 24.6 Å². The molecule has 3 fully saturated rings. The normalized spacial score (nSPS) is 19.9. The van der Waals surface area contributed by atoms with E-state index in [1.54, 1.807) is 12.3 Å². The highest BCUT2D eigenvalue weighted by atomic mass is 32.2. The minimum atomic E-state index is -5.66. The lowest BCUT2D eigenvalue weighted by Crippen LogP contribution is -2.59. The molecule has 3 saturated heterocycles. The number of ketones is 1. The first-order valence-corrected chi connectivity index (χ1v) is 17.3. The van der Waals surface area contributed by atoms with Crippen LogP contribution in [0.5, 0.6) is 0 Å². The number of piperidine rings is 1. The summed E-state index contributed by atoms with van der Waals surface area (Å²) in [6, 6.07) is 7.07. The zero-order valence-electron chi connectivity index (χ0n) is 26.2. The Balaban J connectivity index is 1.21. The Bertz CT molecular complexity index is 2060. The fraction of sp³-hybridized carbons (Fsp3) is 0.375. The van der Waals surface area contributed by atoms with Crippen LogP contribution in [0, 0.1) is 11.6 Å². The Labute approximate surface area is 282 Å². The van der Waals surface area contributed by atoms with E-state index < -0.39 is 55.5 Å². The molecule has 3 aromatic heterocycles. The second-order valence-electron chi connectivity index (χ2n) is 12.4. The van der Waals surface area contributed by atoms with E-state index in [9.17, 15) is 31.2 Å². The molecule has 3 aliphatic rings. The molecule has 6 heterocycles. The molecule has 50 heavy (non-hydrogen) atoms. The maximum Gasteiger partial charge on any atom is 0.493 e. The molecule has 264 valence electrons. The molecule has 0 amide bonds. The van der Waals surface area contributed by atoms with Crippen molar-refractivity contribution in [2.75, 3.05) is 35.5 Å². The van der Waals surface area contributed by atoms with E-state index in [1.165, 1.54) is 12.6 Å². The molecule has 2 N–H and O–H groups in total. The van der Waals surface area contributed by atoms with Crippen LogP contribution in [0.3, 0.4) is 0 Å². The van der Waals surface area contributed by atoms with Crippen LogP contribution in [0.2, 0.25) is 0 Å². The van der Waals surface area contributed by atoms with E-state index >= 15 is 8.78 Å². The molecule has 7 rings (SSSR count). The molecular formula is C32H30F5N7O5S. The second kappa shape index (κ2) is 12.9. The predicted molar refractivity (Wildman–Crippen MR) is 170 cm³/mol. The number of carbonyl (C=O) groups excluding carboxylic acids is 2. The smallest absolute Gasteiger partial charge is 0.353 e. The van der Waals surface area contributed by atoms with Crippen LogP contribution < -0.4 is 14.7 Å². The Morgan fingerprint density at radius 1 is 0.940 bits per heavy atom. The lowest BCUT2D eigenvalue weighted by molar-refractivity contribution is -0.199. The van der Waals surface area contributed by atoms with E-state index in [0.29, 0.717) is 52.5 Å². The van der Waals surface area contributed by atoms with Gasteiger partial charge in [0.2, 0.25) is 5.78 Å². The number of aromatic amines is 1. The van der Waals surface area contributed by atoms with Gasteiger partial charge in [-0.25, -0.2) is 23.5 Å². The number of nitrogens with one attached hydrogen (secondary N) is 2. The van der Waals surface area contributed by atoms with Crippen LogP contribution in [0.25, 0.3) is 22.2 Å². The van der Waals surface area contributed by atoms with Gasteiger partial charge >= 0.3 is 22.4 Å². The zero-order valence-corrected chi connectivity index (χ0v) is 27.0. The number of alkyl halides is 3. The summed E-state index contributed by atoms with van der Waals surface area (Å²) in [5.74, 6) is -6.72. The molecule has 2 unspecified atom stereocenters. The van der Waals surface area contributed by atoms with Crippen molar-refractivity contribution in [3.05, 3.63) is 71.7 Å². The van der Waals surface area contributed by atoms with E-state index in [-0.39, 0.29) is 29.7 Å². The number of aromatic nitrogens is 3. The van der Waals surface area contributed by atoms with Gasteiger partial charge in [-0.05, 0) is 56.0 Å². The molecule has 0 radical (unpaired) electrons. The van der Waals surface area contributed by atoms with Crippen molar-refractivity contribution in [2.24, 2.45) is 0 Å². The van der Waals surface area contributed by atoms with Gasteiger partial charge in [-0.2, -0.15) is 25.9 Å². The van der Waals surface area contributed by atoms with E-state index in [0.717, 1.165) is 37.9 Å². The quantitative estimate of drug-likeness (QED) is 0.152. The van der Waals surface area contributed by atoms with Gasteiger partial charge in [0.1, 0.15) is 23.0 Å². The first-order valence-electron chi connectivity index (χ1n) is 15.9. The van der Waals surface area contributed by atoms with Crippen molar-refractivity contribution in [1.29, 1.82) is 0 Å². The average molecular weight is 720 g/mol. The van der Waals surface area contributed by atoms with Gasteiger partial charge in [-0.3, -0.25) is 4.79 Å². The molecule has 12 nitrogen and oxygen atoms in total. The number of anilines is 2. The summed E-state index contributed by atoms with van der Waals surface area (Å²) in [4.78, 5) is 43.7. The van der Waals surface area contributed by atoms with E-state index in [4.69, 9.17) is 0 Å². The van der Waals surface area contributed by atoms with E-state index in [2.05, 4.69) is 30.0 Å². The number of pyridine rings is 2. The van der Waals surface area contributed by atoms with Gasteiger partial charge in [0.25, 0.3) is 0 Å². The highest BCUT2D eigenvalue weighted by molar-refractivity contribution is 7.90. The summed E-state index contributed by atoms with van der Waals surface area (Å²) in [6.07, 6.45) is 2.75. The van der Waals surface area contributed by atoms with Gasteiger partial charge in [0.15, 0.2) is 5.82 Å². The fourth-order valence-corrected chi connectivity index (χ4v) is 8.16. The number of benzene rings is 1. The molecule has 1 aromatic carbocycles. The average Bonchev–Trinajstić information content (AvgIpc) is 3.78. The van der Waals surface area contributed by atoms with Crippen molar-refractivity contribution < 1.29 is 44.8 Å². The lowest BCUT2D eigenvalue weighted by Gasteiger charge is -2.43. The molecule has 3 aliphatic heterocycles. The van der Waals surface area contributed by atoms with Gasteiger partial charge in [-0.15, -0.1) is 0 Å². The summed E-state index contributed by atoms with van der Waals surface area (Å²) in [7, 11) is -5.10. The third-order valence-corrected chi connectivity index (χ3v) is 10.8. The number of halogens is 5. The monoisotopic (exact) mass is 719 g/mol. The molecule has 0 aliphatic carbocycles. The van der Waals surface area contributed by atoms with Crippen LogP contribution in [0.1, 0.15) is 48.0 Å². The number of fused-ring (bicyclic) bond motifs is 3. The number of carbonyl (C=O) groups is 2. The number of H-pyrrole nitrogens is 1. The first-order chi connectivity index (χ1) is 23.8. The van der Waals surface area contributed by atoms with Crippen molar-refractivity contribution >= 4 is 44.5 Å². The number of piperazine rings is 1. The third kappa shape index (κ3) is 6.26. The SMILES string of the molecule is O=C(c1c(F)ccc(N(OC(=O)C(F)(F)F)S(=O)(=O)N2CCCC2)c1F)c1c[nH]c2ncc(-c3ccc(N4CC5CCCC(C4)N5)nc3)cc12. The Morgan fingerprint density at radius 3 is 2.30 bits per heavy atom. The van der Waals surface area contributed by atoms with Gasteiger partial charge in [0.05, 0.1) is 5.56 Å². The predicted octanol–water partition coefficient (Wildman–Crippen LogP) is 4.63. The molecular weight excluding hydrogens is 689 g/mol. The summed E-state index contributed by atoms with van der Waals surface area (Å²) in [5, 5.41) is 3.78. The minimum Gasteiger partial charge on any atom is -0.353 e. The molecule has 18 heteroatoms. The summed E-state index contributed by atoms with van der Waals surface area (Å²) in [6.45, 7) is 1.37. The third-order valence-electron chi connectivity index (χ3n) is 9.13. The maximum absolute atomic E-state index is 16.1. The van der Waals surface area contributed by atoms with Gasteiger partial charge < -0.3 is 20.0 Å². The Kier molecular flexibility index (Phi) is 8.72. The number of hydrogen-bond donors (Lipinski definition) is 2.